The third kappa shape index (κ3) is 4.04. The Labute approximate surface area is 186 Å². The highest BCUT2D eigenvalue weighted by Crippen LogP contribution is 2.43. The van der Waals surface area contributed by atoms with E-state index in [2.05, 4.69) is 0 Å². The van der Waals surface area contributed by atoms with E-state index < -0.39 is 11.9 Å². The Morgan fingerprint density at radius 2 is 1.62 bits per heavy atom. The van der Waals surface area contributed by atoms with Gasteiger partial charge in [0, 0.05) is 12.1 Å². The third-order valence-electron chi connectivity index (χ3n) is 5.66. The van der Waals surface area contributed by atoms with E-state index in [0.717, 1.165) is 11.1 Å². The molecule has 6 heteroatoms. The van der Waals surface area contributed by atoms with Crippen LogP contribution >= 0.6 is 0 Å². The topological polar surface area (TPSA) is 59.0 Å². The summed E-state index contributed by atoms with van der Waals surface area (Å²) < 4.78 is 24.2. The number of ether oxygens (including phenoxy) is 2. The van der Waals surface area contributed by atoms with Gasteiger partial charge in [0.25, 0.3) is 5.91 Å². The summed E-state index contributed by atoms with van der Waals surface area (Å²) in [6.07, 6.45) is 0.555. The SMILES string of the molecule is COc1ccc(CCN2C(=O)C(O)=C(c3ccc(F)cc3)[C@H]2c2ccccc2)cc1OC. The summed E-state index contributed by atoms with van der Waals surface area (Å²) in [6.45, 7) is 0.378. The van der Waals surface area contributed by atoms with Crippen LogP contribution in [0, 0.1) is 5.82 Å². The molecule has 0 aliphatic carbocycles. The number of hydrogen-bond donors (Lipinski definition) is 1. The van der Waals surface area contributed by atoms with Crippen molar-refractivity contribution in [1.29, 1.82) is 0 Å². The van der Waals surface area contributed by atoms with Gasteiger partial charge in [-0.2, -0.15) is 0 Å². The van der Waals surface area contributed by atoms with Crippen LogP contribution in [0.3, 0.4) is 0 Å². The van der Waals surface area contributed by atoms with Crippen molar-refractivity contribution < 1.29 is 23.8 Å². The summed E-state index contributed by atoms with van der Waals surface area (Å²) in [7, 11) is 3.16. The molecule has 3 aromatic carbocycles. The second-order valence-corrected chi connectivity index (χ2v) is 7.52. The molecule has 4 rings (SSSR count). The van der Waals surface area contributed by atoms with Crippen molar-refractivity contribution in [3.05, 3.63) is 101 Å². The molecule has 3 aromatic rings. The molecule has 0 bridgehead atoms. The minimum absolute atomic E-state index is 0.308. The number of nitrogens with zero attached hydrogens (tertiary/aromatic N) is 1. The monoisotopic (exact) mass is 433 g/mol. The molecule has 0 saturated heterocycles. The molecule has 1 heterocycles. The Morgan fingerprint density at radius 1 is 0.938 bits per heavy atom. The molecule has 0 fully saturated rings. The number of carbonyl (C=O) groups is 1. The molecule has 0 unspecified atom stereocenters. The lowest BCUT2D eigenvalue weighted by Crippen LogP contribution is -2.32. The lowest BCUT2D eigenvalue weighted by molar-refractivity contribution is -0.129. The van der Waals surface area contributed by atoms with E-state index in [9.17, 15) is 14.3 Å². The molecule has 32 heavy (non-hydrogen) atoms. The summed E-state index contributed by atoms with van der Waals surface area (Å²) in [5, 5.41) is 10.8. The van der Waals surface area contributed by atoms with Crippen molar-refractivity contribution in [1.82, 2.24) is 4.90 Å². The van der Waals surface area contributed by atoms with E-state index in [4.69, 9.17) is 9.47 Å². The lowest BCUT2D eigenvalue weighted by Gasteiger charge is -2.27. The summed E-state index contributed by atoms with van der Waals surface area (Å²) >= 11 is 0. The maximum Gasteiger partial charge on any atom is 0.289 e. The number of benzene rings is 3. The number of rotatable bonds is 7. The predicted molar refractivity (Wildman–Crippen MR) is 120 cm³/mol. The highest BCUT2D eigenvalue weighted by Gasteiger charge is 2.40. The smallest absolute Gasteiger partial charge is 0.289 e. The van der Waals surface area contributed by atoms with E-state index in [1.165, 1.54) is 12.1 Å². The van der Waals surface area contributed by atoms with Gasteiger partial charge in [0.15, 0.2) is 17.3 Å². The summed E-state index contributed by atoms with van der Waals surface area (Å²) in [5.74, 6) is 0.120. The zero-order valence-electron chi connectivity index (χ0n) is 17.9. The minimum atomic E-state index is -0.477. The number of halogens is 1. The van der Waals surface area contributed by atoms with E-state index in [1.807, 2.05) is 48.5 Å². The summed E-state index contributed by atoms with van der Waals surface area (Å²) in [5.41, 5.74) is 2.93. The molecule has 0 spiro atoms. The number of aliphatic hydroxyl groups is 1. The van der Waals surface area contributed by atoms with Crippen molar-refractivity contribution in [2.24, 2.45) is 0 Å². The molecule has 1 N–H and O–H groups in total. The van der Waals surface area contributed by atoms with Crippen molar-refractivity contribution >= 4 is 11.5 Å². The van der Waals surface area contributed by atoms with Gasteiger partial charge >= 0.3 is 0 Å². The van der Waals surface area contributed by atoms with Crippen LogP contribution < -0.4 is 9.47 Å². The first kappa shape index (κ1) is 21.4. The fourth-order valence-electron chi connectivity index (χ4n) is 4.08. The molecule has 1 aliphatic rings. The Balaban J connectivity index is 1.67. The van der Waals surface area contributed by atoms with Gasteiger partial charge in [-0.15, -0.1) is 0 Å². The molecule has 0 radical (unpaired) electrons. The third-order valence-corrected chi connectivity index (χ3v) is 5.66. The Hall–Kier alpha value is -3.80. The van der Waals surface area contributed by atoms with Gasteiger partial charge in [0.05, 0.1) is 20.3 Å². The standard InChI is InChI=1S/C26H24FNO4/c1-31-21-13-8-17(16-22(21)32-2)14-15-28-24(19-6-4-3-5-7-19)23(25(29)26(28)30)18-9-11-20(27)12-10-18/h3-13,16,24,29H,14-15H2,1-2H3/t24-/m1/s1. The van der Waals surface area contributed by atoms with Crippen molar-refractivity contribution in [2.75, 3.05) is 20.8 Å². The van der Waals surface area contributed by atoms with E-state index in [0.29, 0.717) is 35.6 Å². The van der Waals surface area contributed by atoms with Gasteiger partial charge < -0.3 is 19.5 Å². The lowest BCUT2D eigenvalue weighted by atomic mass is 9.93. The van der Waals surface area contributed by atoms with Crippen LogP contribution in [0.2, 0.25) is 0 Å². The zero-order valence-corrected chi connectivity index (χ0v) is 17.9. The van der Waals surface area contributed by atoms with Gasteiger partial charge in [-0.3, -0.25) is 4.79 Å². The van der Waals surface area contributed by atoms with E-state index in [-0.39, 0.29) is 11.6 Å². The maximum atomic E-state index is 13.5. The van der Waals surface area contributed by atoms with Gasteiger partial charge in [0.2, 0.25) is 0 Å². The molecular weight excluding hydrogens is 409 g/mol. The summed E-state index contributed by atoms with van der Waals surface area (Å²) in [4.78, 5) is 14.7. The van der Waals surface area contributed by atoms with Gasteiger partial charge in [-0.1, -0.05) is 48.5 Å². The average Bonchev–Trinajstić information content (AvgIpc) is 3.08. The van der Waals surface area contributed by atoms with Gasteiger partial charge in [-0.25, -0.2) is 4.39 Å². The van der Waals surface area contributed by atoms with Crippen LogP contribution in [0.1, 0.15) is 22.7 Å². The van der Waals surface area contributed by atoms with Gasteiger partial charge in [-0.05, 0) is 47.4 Å². The van der Waals surface area contributed by atoms with Crippen LogP contribution in [0.15, 0.2) is 78.6 Å². The first-order valence-corrected chi connectivity index (χ1v) is 10.3. The number of hydrogen-bond acceptors (Lipinski definition) is 4. The molecule has 1 amide bonds. The van der Waals surface area contributed by atoms with Crippen molar-refractivity contribution in [3.8, 4) is 11.5 Å². The van der Waals surface area contributed by atoms with Crippen molar-refractivity contribution in [2.45, 2.75) is 12.5 Å². The molecule has 5 nitrogen and oxygen atoms in total. The zero-order chi connectivity index (χ0) is 22.7. The minimum Gasteiger partial charge on any atom is -0.503 e. The number of aliphatic hydroxyl groups excluding tert-OH is 1. The largest absolute Gasteiger partial charge is 0.503 e. The highest BCUT2D eigenvalue weighted by atomic mass is 19.1. The first-order valence-electron chi connectivity index (χ1n) is 10.3. The molecule has 164 valence electrons. The molecule has 1 aliphatic heterocycles. The Bertz CT molecular complexity index is 1140. The molecule has 0 saturated carbocycles. The predicted octanol–water partition coefficient (Wildman–Crippen LogP) is 4.94. The molecule has 1 atom stereocenters. The van der Waals surface area contributed by atoms with E-state index in [1.54, 1.807) is 31.3 Å². The van der Waals surface area contributed by atoms with E-state index >= 15 is 0 Å². The van der Waals surface area contributed by atoms with Gasteiger partial charge in [0.1, 0.15) is 5.82 Å². The Morgan fingerprint density at radius 3 is 2.28 bits per heavy atom. The molecule has 0 aromatic heterocycles. The summed E-state index contributed by atoms with van der Waals surface area (Å²) in [6, 6.07) is 20.5. The number of carbonyl (C=O) groups excluding carboxylic acids is 1. The fourth-order valence-corrected chi connectivity index (χ4v) is 4.08. The van der Waals surface area contributed by atoms with Crippen molar-refractivity contribution in [3.63, 3.8) is 0 Å². The maximum absolute atomic E-state index is 13.5. The van der Waals surface area contributed by atoms with Crippen LogP contribution in [0.4, 0.5) is 4.39 Å². The van der Waals surface area contributed by atoms with Crippen LogP contribution in [0.5, 0.6) is 11.5 Å². The van der Waals surface area contributed by atoms with Crippen LogP contribution in [-0.2, 0) is 11.2 Å². The normalized spacial score (nSPS) is 15.9. The average molecular weight is 433 g/mol. The Kier molecular flexibility index (Phi) is 6.12. The second kappa shape index (κ2) is 9.14. The molecular formula is C26H24FNO4. The number of amides is 1. The highest BCUT2D eigenvalue weighted by molar-refractivity contribution is 6.05. The van der Waals surface area contributed by atoms with Crippen LogP contribution in [-0.4, -0.2) is 36.7 Å². The second-order valence-electron chi connectivity index (χ2n) is 7.52. The van der Waals surface area contributed by atoms with Crippen LogP contribution in [0.25, 0.3) is 5.57 Å². The quantitative estimate of drug-likeness (QED) is 0.574. The fraction of sp³-hybridized carbons (Fsp3) is 0.192. The first-order chi connectivity index (χ1) is 15.5. The number of methoxy groups -OCH3 is 2.